The van der Waals surface area contributed by atoms with E-state index in [-0.39, 0.29) is 0 Å². The number of carboxylic acids is 1. The van der Waals surface area contributed by atoms with Gasteiger partial charge in [-0.3, -0.25) is 0 Å². The Hall–Kier alpha value is -0.180. The smallest absolute Gasteiger partial charge is 0.0383 e. The Kier molecular flexibility index (Phi) is 7.14. The third kappa shape index (κ3) is 8.16. The lowest BCUT2D eigenvalue weighted by atomic mass is 10.0. The number of carbonyl (C=O) groups is 1. The Morgan fingerprint density at radius 2 is 1.77 bits per heavy atom. The third-order valence-electron chi connectivity index (χ3n) is 2.32. The molecule has 1 aliphatic carbocycles. The molecular weight excluding hydrogens is 184 g/mol. The first-order chi connectivity index (χ1) is 6.04. The van der Waals surface area contributed by atoms with Gasteiger partial charge in [0.05, 0.1) is 0 Å². The van der Waals surface area contributed by atoms with E-state index in [0.29, 0.717) is 5.25 Å². The van der Waals surface area contributed by atoms with E-state index in [4.69, 9.17) is 9.90 Å². The molecule has 0 bridgehead atoms. The van der Waals surface area contributed by atoms with Crippen molar-refractivity contribution in [2.24, 2.45) is 5.92 Å². The zero-order chi connectivity index (χ0) is 10.3. The maximum Gasteiger partial charge on any atom is 0.0383 e. The van der Waals surface area contributed by atoms with Gasteiger partial charge >= 0.3 is 0 Å². The third-order valence-corrected chi connectivity index (χ3v) is 3.08. The van der Waals surface area contributed by atoms with E-state index in [1.165, 1.54) is 32.1 Å². The maximum absolute atomic E-state index is 8.89. The van der Waals surface area contributed by atoms with Crippen LogP contribution < -0.4 is 5.11 Å². The van der Waals surface area contributed by atoms with Crippen molar-refractivity contribution in [3.63, 3.8) is 0 Å². The first-order valence-corrected chi connectivity index (χ1v) is 5.41. The summed E-state index contributed by atoms with van der Waals surface area (Å²) in [6.45, 7) is 3.29. The van der Waals surface area contributed by atoms with Crippen LogP contribution in [0.3, 0.4) is 0 Å². The van der Waals surface area contributed by atoms with Crippen molar-refractivity contribution < 1.29 is 9.90 Å². The largest absolute Gasteiger partial charge is 0.550 e. The van der Waals surface area contributed by atoms with Gasteiger partial charge in [-0.25, -0.2) is 0 Å². The molecule has 78 valence electrons. The van der Waals surface area contributed by atoms with Crippen molar-refractivity contribution in [3.8, 4) is 0 Å². The predicted molar refractivity (Wildman–Crippen MR) is 55.7 cm³/mol. The summed E-state index contributed by atoms with van der Waals surface area (Å²) in [6, 6.07) is 0. The monoisotopic (exact) mass is 203 g/mol. The van der Waals surface area contributed by atoms with Gasteiger partial charge in [-0.05, 0) is 25.7 Å². The van der Waals surface area contributed by atoms with E-state index in [0.717, 1.165) is 12.8 Å². The van der Waals surface area contributed by atoms with Crippen LogP contribution in [0.1, 0.15) is 46.0 Å². The molecule has 1 rings (SSSR count). The van der Waals surface area contributed by atoms with E-state index in [1.807, 2.05) is 0 Å². The molecule has 0 heterocycles. The van der Waals surface area contributed by atoms with Gasteiger partial charge in [-0.2, -0.15) is 12.6 Å². The Bertz CT molecular complexity index is 134. The zero-order valence-electron chi connectivity index (χ0n) is 8.45. The van der Waals surface area contributed by atoms with Gasteiger partial charge in [-0.1, -0.05) is 26.2 Å². The Morgan fingerprint density at radius 1 is 1.31 bits per heavy atom. The van der Waals surface area contributed by atoms with Crippen LogP contribution >= 0.6 is 12.6 Å². The SMILES string of the molecule is CC(=O)[O-].CC1CCCCCC1S. The van der Waals surface area contributed by atoms with Crippen molar-refractivity contribution in [2.75, 3.05) is 0 Å². The van der Waals surface area contributed by atoms with Crippen molar-refractivity contribution in [1.29, 1.82) is 0 Å². The second kappa shape index (κ2) is 7.25. The van der Waals surface area contributed by atoms with Gasteiger partial charge < -0.3 is 9.90 Å². The van der Waals surface area contributed by atoms with Crippen molar-refractivity contribution in [3.05, 3.63) is 0 Å². The van der Waals surface area contributed by atoms with Crippen LogP contribution in [0.4, 0.5) is 0 Å². The number of carbonyl (C=O) groups excluding carboxylic acids is 1. The van der Waals surface area contributed by atoms with Gasteiger partial charge in [0, 0.05) is 11.2 Å². The summed E-state index contributed by atoms with van der Waals surface area (Å²) >= 11 is 4.53. The summed E-state index contributed by atoms with van der Waals surface area (Å²) in [5.41, 5.74) is 0. The highest BCUT2D eigenvalue weighted by Crippen LogP contribution is 2.26. The normalized spacial score (nSPS) is 28.2. The molecule has 0 aromatic heterocycles. The summed E-state index contributed by atoms with van der Waals surface area (Å²) < 4.78 is 0. The van der Waals surface area contributed by atoms with Crippen LogP contribution in [0, 0.1) is 5.92 Å². The predicted octanol–water partition coefficient (Wildman–Crippen LogP) is 1.64. The van der Waals surface area contributed by atoms with Gasteiger partial charge in [-0.15, -0.1) is 0 Å². The van der Waals surface area contributed by atoms with E-state index >= 15 is 0 Å². The van der Waals surface area contributed by atoms with Crippen molar-refractivity contribution in [1.82, 2.24) is 0 Å². The van der Waals surface area contributed by atoms with Crippen LogP contribution in [0.5, 0.6) is 0 Å². The highest BCUT2D eigenvalue weighted by atomic mass is 32.1. The number of rotatable bonds is 0. The minimum atomic E-state index is -1.08. The summed E-state index contributed by atoms with van der Waals surface area (Å²) in [6.07, 6.45) is 7.00. The fourth-order valence-electron chi connectivity index (χ4n) is 1.47. The van der Waals surface area contributed by atoms with Gasteiger partial charge in [0.1, 0.15) is 0 Å². The van der Waals surface area contributed by atoms with Gasteiger partial charge in [0.2, 0.25) is 0 Å². The lowest BCUT2D eigenvalue weighted by molar-refractivity contribution is -0.302. The molecule has 0 aromatic rings. The first kappa shape index (κ1) is 12.8. The topological polar surface area (TPSA) is 40.1 Å². The quantitative estimate of drug-likeness (QED) is 0.480. The second-order valence-corrected chi connectivity index (χ2v) is 4.34. The molecule has 2 unspecified atom stereocenters. The van der Waals surface area contributed by atoms with Gasteiger partial charge in [0.15, 0.2) is 0 Å². The average molecular weight is 203 g/mol. The number of aliphatic carboxylic acids is 1. The molecule has 13 heavy (non-hydrogen) atoms. The first-order valence-electron chi connectivity index (χ1n) is 4.89. The molecule has 0 radical (unpaired) electrons. The number of thiol groups is 1. The van der Waals surface area contributed by atoms with E-state index in [1.54, 1.807) is 0 Å². The summed E-state index contributed by atoms with van der Waals surface area (Å²) in [7, 11) is 0. The lowest BCUT2D eigenvalue weighted by Gasteiger charge is -2.13. The minimum Gasteiger partial charge on any atom is -0.550 e. The highest BCUT2D eigenvalue weighted by molar-refractivity contribution is 7.81. The fraction of sp³-hybridized carbons (Fsp3) is 0.900. The Morgan fingerprint density at radius 3 is 2.31 bits per heavy atom. The standard InChI is InChI=1S/C8H16S.C2H4O2/c1-7-5-3-2-4-6-8(7)9;1-2(3)4/h7-9H,2-6H2,1H3;1H3,(H,3,4)/p-1. The lowest BCUT2D eigenvalue weighted by Crippen LogP contribution is -2.16. The summed E-state index contributed by atoms with van der Waals surface area (Å²) in [5.74, 6) is -0.226. The van der Waals surface area contributed by atoms with Crippen LogP contribution in [0.15, 0.2) is 0 Å². The maximum atomic E-state index is 8.89. The van der Waals surface area contributed by atoms with Crippen LogP contribution in [0.25, 0.3) is 0 Å². The molecule has 1 fully saturated rings. The molecule has 1 saturated carbocycles. The Labute approximate surface area is 86.1 Å². The molecule has 0 aliphatic heterocycles. The molecular formula is C10H19O2S-. The summed E-state index contributed by atoms with van der Waals surface area (Å²) in [4.78, 5) is 8.89. The van der Waals surface area contributed by atoms with Crippen molar-refractivity contribution >= 4 is 18.6 Å². The summed E-state index contributed by atoms with van der Waals surface area (Å²) in [5, 5.41) is 9.58. The number of carboxylic acid groups (broad SMARTS) is 1. The van der Waals surface area contributed by atoms with Crippen LogP contribution in [0.2, 0.25) is 0 Å². The second-order valence-electron chi connectivity index (χ2n) is 3.67. The fourth-order valence-corrected chi connectivity index (χ4v) is 1.81. The van der Waals surface area contributed by atoms with Crippen molar-refractivity contribution in [2.45, 2.75) is 51.2 Å². The number of hydrogen-bond acceptors (Lipinski definition) is 3. The molecule has 2 atom stereocenters. The zero-order valence-corrected chi connectivity index (χ0v) is 9.35. The molecule has 1 aliphatic rings. The Balaban J connectivity index is 0.000000310. The van der Waals surface area contributed by atoms with Crippen LogP contribution in [-0.4, -0.2) is 11.2 Å². The molecule has 0 aromatic carbocycles. The molecule has 0 N–H and O–H groups in total. The molecule has 2 nitrogen and oxygen atoms in total. The van der Waals surface area contributed by atoms with E-state index in [9.17, 15) is 0 Å². The van der Waals surface area contributed by atoms with Crippen LogP contribution in [-0.2, 0) is 4.79 Å². The molecule has 0 amide bonds. The highest BCUT2D eigenvalue weighted by Gasteiger charge is 2.15. The molecule has 3 heteroatoms. The molecule has 0 saturated heterocycles. The molecule has 0 spiro atoms. The van der Waals surface area contributed by atoms with Gasteiger partial charge in [0.25, 0.3) is 0 Å². The minimum absolute atomic E-state index is 0.687. The number of hydrogen-bond donors (Lipinski definition) is 1. The van der Waals surface area contributed by atoms with E-state index < -0.39 is 5.97 Å². The average Bonchev–Trinajstić information content (AvgIpc) is 2.16. The van der Waals surface area contributed by atoms with E-state index in [2.05, 4.69) is 19.6 Å².